The van der Waals surface area contributed by atoms with Crippen LogP contribution in [0, 0.1) is 12.7 Å². The number of carbonyl (C=O) groups excluding carboxylic acids is 1. The second-order valence-electron chi connectivity index (χ2n) is 6.46. The number of benzene rings is 2. The molecule has 1 amide bonds. The van der Waals surface area contributed by atoms with Crippen molar-refractivity contribution in [2.24, 2.45) is 0 Å². The highest BCUT2D eigenvalue weighted by molar-refractivity contribution is 6.01. The van der Waals surface area contributed by atoms with Gasteiger partial charge in [-0.15, -0.1) is 0 Å². The third kappa shape index (κ3) is 2.62. The van der Waals surface area contributed by atoms with Crippen molar-refractivity contribution in [3.05, 3.63) is 77.5 Å². The molecule has 0 radical (unpaired) electrons. The molecule has 4 nitrogen and oxygen atoms in total. The van der Waals surface area contributed by atoms with Crippen LogP contribution in [0.25, 0.3) is 21.7 Å². The Labute approximate surface area is 150 Å². The number of aromatic nitrogens is 2. The monoisotopic (exact) mass is 347 g/mol. The van der Waals surface area contributed by atoms with E-state index in [9.17, 15) is 9.18 Å². The van der Waals surface area contributed by atoms with Crippen LogP contribution in [0.3, 0.4) is 0 Å². The minimum absolute atomic E-state index is 0.163. The van der Waals surface area contributed by atoms with E-state index in [1.807, 2.05) is 43.5 Å². The van der Waals surface area contributed by atoms with Crippen LogP contribution in [0.5, 0.6) is 0 Å². The van der Waals surface area contributed by atoms with Crippen molar-refractivity contribution in [1.82, 2.24) is 14.9 Å². The maximum absolute atomic E-state index is 14.0. The van der Waals surface area contributed by atoms with E-state index in [0.29, 0.717) is 17.8 Å². The van der Waals surface area contributed by atoms with Crippen molar-refractivity contribution in [1.29, 1.82) is 0 Å². The molecule has 0 atom stereocenters. The Bertz CT molecular complexity index is 1130. The fraction of sp³-hybridized carbons (Fsp3) is 0.143. The molecule has 0 aliphatic heterocycles. The summed E-state index contributed by atoms with van der Waals surface area (Å²) in [5.41, 5.74) is 2.60. The van der Waals surface area contributed by atoms with Crippen LogP contribution in [-0.4, -0.2) is 27.8 Å². The Kier molecular flexibility index (Phi) is 3.92. The fourth-order valence-electron chi connectivity index (χ4n) is 3.38. The number of pyridine rings is 1. The predicted octanol–water partition coefficient (Wildman–Crippen LogP) is 4.44. The van der Waals surface area contributed by atoms with E-state index in [0.717, 1.165) is 27.3 Å². The lowest BCUT2D eigenvalue weighted by Crippen LogP contribution is -2.27. The van der Waals surface area contributed by atoms with Crippen molar-refractivity contribution in [3.8, 4) is 0 Å². The van der Waals surface area contributed by atoms with Gasteiger partial charge in [-0.3, -0.25) is 9.78 Å². The topological polar surface area (TPSA) is 49.0 Å². The molecule has 2 aromatic carbocycles. The summed E-state index contributed by atoms with van der Waals surface area (Å²) in [5.74, 6) is -0.516. The molecule has 2 aromatic heterocycles. The lowest BCUT2D eigenvalue weighted by molar-refractivity contribution is 0.0780. The first-order chi connectivity index (χ1) is 12.6. The van der Waals surface area contributed by atoms with Gasteiger partial charge in [0.05, 0.1) is 5.52 Å². The van der Waals surface area contributed by atoms with Gasteiger partial charge in [-0.05, 0) is 35.6 Å². The van der Waals surface area contributed by atoms with Crippen LogP contribution in [0.15, 0.2) is 54.9 Å². The molecule has 0 spiro atoms. The van der Waals surface area contributed by atoms with Gasteiger partial charge in [0.2, 0.25) is 0 Å². The molecular formula is C21H18FN3O. The minimum atomic E-state index is -0.353. The quantitative estimate of drug-likeness (QED) is 0.596. The summed E-state index contributed by atoms with van der Waals surface area (Å²) in [6.45, 7) is 2.29. The molecule has 130 valence electrons. The number of H-pyrrole nitrogens is 1. The van der Waals surface area contributed by atoms with E-state index in [2.05, 4.69) is 9.97 Å². The molecule has 0 aliphatic rings. The summed E-state index contributed by atoms with van der Waals surface area (Å²) >= 11 is 0. The average Bonchev–Trinajstić information content (AvgIpc) is 3.00. The molecule has 0 saturated carbocycles. The molecule has 26 heavy (non-hydrogen) atoms. The first-order valence-corrected chi connectivity index (χ1v) is 8.40. The largest absolute Gasteiger partial charge is 0.348 e. The molecule has 5 heteroatoms. The van der Waals surface area contributed by atoms with E-state index in [1.165, 1.54) is 6.07 Å². The van der Waals surface area contributed by atoms with Gasteiger partial charge in [0, 0.05) is 36.8 Å². The van der Waals surface area contributed by atoms with E-state index in [-0.39, 0.29) is 11.7 Å². The lowest BCUT2D eigenvalue weighted by atomic mass is 10.1. The summed E-state index contributed by atoms with van der Waals surface area (Å²) in [6.07, 6.45) is 3.56. The van der Waals surface area contributed by atoms with Crippen molar-refractivity contribution in [3.63, 3.8) is 0 Å². The molecular weight excluding hydrogens is 329 g/mol. The highest BCUT2D eigenvalue weighted by atomic mass is 19.1. The molecule has 4 rings (SSSR count). The van der Waals surface area contributed by atoms with Gasteiger partial charge in [0.15, 0.2) is 0 Å². The van der Waals surface area contributed by atoms with Gasteiger partial charge in [0.25, 0.3) is 5.91 Å². The van der Waals surface area contributed by atoms with Gasteiger partial charge < -0.3 is 9.88 Å². The number of rotatable bonds is 3. The zero-order valence-electron chi connectivity index (χ0n) is 14.6. The van der Waals surface area contributed by atoms with Gasteiger partial charge >= 0.3 is 0 Å². The smallest absolute Gasteiger partial charge is 0.270 e. The molecule has 4 aromatic rings. The van der Waals surface area contributed by atoms with E-state index < -0.39 is 0 Å². The summed E-state index contributed by atoms with van der Waals surface area (Å²) in [6, 6.07) is 12.8. The number of para-hydroxylation sites is 1. The fourth-order valence-corrected chi connectivity index (χ4v) is 3.38. The maximum Gasteiger partial charge on any atom is 0.270 e. The molecule has 0 aliphatic carbocycles. The minimum Gasteiger partial charge on any atom is -0.348 e. The average molecular weight is 347 g/mol. The van der Waals surface area contributed by atoms with Gasteiger partial charge in [-0.1, -0.05) is 30.3 Å². The van der Waals surface area contributed by atoms with Gasteiger partial charge in [-0.25, -0.2) is 4.39 Å². The SMILES string of the molecule is Cc1c(C(=O)N(C)Cc2cccc3cnccc23)[nH]c2c(F)cccc12. The first kappa shape index (κ1) is 16.3. The number of amides is 1. The Hall–Kier alpha value is -3.21. The number of carbonyl (C=O) groups is 1. The number of nitrogens with one attached hydrogen (secondary N) is 1. The van der Waals surface area contributed by atoms with Crippen LogP contribution in [0.2, 0.25) is 0 Å². The summed E-state index contributed by atoms with van der Waals surface area (Å²) in [7, 11) is 1.75. The number of aromatic amines is 1. The highest BCUT2D eigenvalue weighted by Gasteiger charge is 2.20. The lowest BCUT2D eigenvalue weighted by Gasteiger charge is -2.18. The summed E-state index contributed by atoms with van der Waals surface area (Å²) < 4.78 is 14.0. The van der Waals surface area contributed by atoms with Crippen LogP contribution in [-0.2, 0) is 6.54 Å². The Balaban J connectivity index is 1.68. The van der Waals surface area contributed by atoms with Crippen molar-refractivity contribution in [2.75, 3.05) is 7.05 Å². The predicted molar refractivity (Wildman–Crippen MR) is 101 cm³/mol. The number of fused-ring (bicyclic) bond motifs is 2. The van der Waals surface area contributed by atoms with Crippen LogP contribution in [0.4, 0.5) is 4.39 Å². The summed E-state index contributed by atoms with van der Waals surface area (Å²) in [5, 5.41) is 2.84. The van der Waals surface area contributed by atoms with Crippen molar-refractivity contribution in [2.45, 2.75) is 13.5 Å². The zero-order chi connectivity index (χ0) is 18.3. The molecule has 0 fully saturated rings. The first-order valence-electron chi connectivity index (χ1n) is 8.40. The number of nitrogens with zero attached hydrogens (tertiary/aromatic N) is 2. The third-order valence-corrected chi connectivity index (χ3v) is 4.78. The zero-order valence-corrected chi connectivity index (χ0v) is 14.6. The summed E-state index contributed by atoms with van der Waals surface area (Å²) in [4.78, 5) is 21.7. The van der Waals surface area contributed by atoms with Crippen LogP contribution < -0.4 is 0 Å². The Morgan fingerprint density at radius 3 is 2.77 bits per heavy atom. The Morgan fingerprint density at radius 1 is 1.15 bits per heavy atom. The maximum atomic E-state index is 14.0. The molecule has 0 saturated heterocycles. The van der Waals surface area contributed by atoms with Gasteiger partial charge in [0.1, 0.15) is 11.5 Å². The number of hydrogen-bond acceptors (Lipinski definition) is 2. The highest BCUT2D eigenvalue weighted by Crippen LogP contribution is 2.25. The Morgan fingerprint density at radius 2 is 1.96 bits per heavy atom. The standard InChI is InChI=1S/C21H18FN3O/c1-13-16-7-4-8-18(22)20(16)24-19(13)21(26)25(2)12-15-6-3-5-14-11-23-10-9-17(14)15/h3-11,24H,12H2,1-2H3. The van der Waals surface area contributed by atoms with Crippen LogP contribution >= 0.6 is 0 Å². The number of aryl methyl sites for hydroxylation is 1. The second kappa shape index (κ2) is 6.26. The van der Waals surface area contributed by atoms with Gasteiger partial charge in [-0.2, -0.15) is 0 Å². The molecule has 0 bridgehead atoms. The number of halogens is 1. The molecule has 2 heterocycles. The normalized spacial score (nSPS) is 11.2. The van der Waals surface area contributed by atoms with E-state index in [4.69, 9.17) is 0 Å². The van der Waals surface area contributed by atoms with Crippen LogP contribution in [0.1, 0.15) is 21.6 Å². The van der Waals surface area contributed by atoms with E-state index >= 15 is 0 Å². The third-order valence-electron chi connectivity index (χ3n) is 4.78. The second-order valence-corrected chi connectivity index (χ2v) is 6.46. The molecule has 1 N–H and O–H groups in total. The molecule has 0 unspecified atom stereocenters. The number of hydrogen-bond donors (Lipinski definition) is 1. The van der Waals surface area contributed by atoms with Crippen molar-refractivity contribution < 1.29 is 9.18 Å². The van der Waals surface area contributed by atoms with E-state index in [1.54, 1.807) is 24.2 Å². The van der Waals surface area contributed by atoms with Crippen molar-refractivity contribution >= 4 is 27.6 Å².